The molecule has 0 aliphatic heterocycles. The lowest BCUT2D eigenvalue weighted by atomic mass is 9.99. The Hall–Kier alpha value is -2.24. The largest absolute Gasteiger partial charge is 0.299 e. The molecule has 0 aliphatic rings. The van der Waals surface area contributed by atoms with Gasteiger partial charge in [-0.1, -0.05) is 131 Å². The molecule has 0 atom stereocenters. The summed E-state index contributed by atoms with van der Waals surface area (Å²) in [6.07, 6.45) is 20.2. The number of Topliss-reactive ketones (excluding diaryl/α,β-unsaturated/α-hetero) is 1. The molecule has 0 radical (unpaired) electrons. The Morgan fingerprint density at radius 2 is 1.10 bits per heavy atom. The van der Waals surface area contributed by atoms with Crippen molar-refractivity contribution in [2.24, 2.45) is 0 Å². The molecular formula is C39H52INO. The zero-order valence-corrected chi connectivity index (χ0v) is 28.1. The van der Waals surface area contributed by atoms with Crippen LogP contribution in [0, 0.1) is 3.57 Å². The minimum atomic E-state index is 0.370. The highest BCUT2D eigenvalue weighted by Gasteiger charge is 2.06. The van der Waals surface area contributed by atoms with Crippen LogP contribution in [0.3, 0.4) is 0 Å². The number of hydrogen-bond donors (Lipinski definition) is 0. The first-order valence-electron chi connectivity index (χ1n) is 16.3. The van der Waals surface area contributed by atoms with Crippen molar-refractivity contribution in [1.29, 1.82) is 0 Å². The van der Waals surface area contributed by atoms with Gasteiger partial charge in [-0.3, -0.25) is 9.69 Å². The van der Waals surface area contributed by atoms with Crippen LogP contribution in [0.15, 0.2) is 85.5 Å². The second-order valence-electron chi connectivity index (χ2n) is 12.0. The van der Waals surface area contributed by atoms with Crippen molar-refractivity contribution < 1.29 is 4.79 Å². The highest BCUT2D eigenvalue weighted by atomic mass is 127. The van der Waals surface area contributed by atoms with Gasteiger partial charge in [-0.05, 0) is 88.9 Å². The first kappa shape index (κ1) is 34.3. The molecule has 0 N–H and O–H groups in total. The average molecular weight is 678 g/mol. The molecule has 0 amide bonds. The lowest BCUT2D eigenvalue weighted by Crippen LogP contribution is -2.17. The summed E-state index contributed by atoms with van der Waals surface area (Å²) in [4.78, 5) is 14.8. The first-order chi connectivity index (χ1) is 20.5. The van der Waals surface area contributed by atoms with E-state index < -0.39 is 0 Å². The number of carbonyl (C=O) groups is 1. The average Bonchev–Trinajstić information content (AvgIpc) is 2.99. The monoisotopic (exact) mass is 677 g/mol. The molecule has 3 aromatic rings. The number of aryl methyl sites for hydroxylation is 1. The number of hydrogen-bond acceptors (Lipinski definition) is 2. The zero-order valence-electron chi connectivity index (χ0n) is 26.0. The van der Waals surface area contributed by atoms with E-state index in [1.807, 2.05) is 6.08 Å². The maximum atomic E-state index is 12.5. The molecule has 226 valence electrons. The van der Waals surface area contributed by atoms with E-state index in [1.165, 1.54) is 103 Å². The number of likely N-dealkylation sites (N-methyl/N-ethyl adjacent to an activating group) is 1. The van der Waals surface area contributed by atoms with E-state index in [9.17, 15) is 4.79 Å². The van der Waals surface area contributed by atoms with Crippen molar-refractivity contribution in [3.05, 3.63) is 106 Å². The number of carbonyl (C=O) groups excluding carboxylic acids is 1. The van der Waals surface area contributed by atoms with Crippen LogP contribution in [0.1, 0.15) is 100 Å². The second kappa shape index (κ2) is 20.6. The fourth-order valence-corrected chi connectivity index (χ4v) is 5.96. The van der Waals surface area contributed by atoms with Gasteiger partial charge in [-0.15, -0.1) is 6.58 Å². The molecule has 0 spiro atoms. The minimum Gasteiger partial charge on any atom is -0.299 e. The van der Waals surface area contributed by atoms with Gasteiger partial charge in [0, 0.05) is 29.5 Å². The van der Waals surface area contributed by atoms with E-state index in [0.29, 0.717) is 18.6 Å². The molecule has 0 saturated carbocycles. The number of ketones is 1. The van der Waals surface area contributed by atoms with Crippen molar-refractivity contribution in [2.75, 3.05) is 13.6 Å². The molecule has 0 heterocycles. The van der Waals surface area contributed by atoms with Crippen LogP contribution >= 0.6 is 22.6 Å². The van der Waals surface area contributed by atoms with E-state index in [4.69, 9.17) is 0 Å². The first-order valence-corrected chi connectivity index (χ1v) is 17.3. The van der Waals surface area contributed by atoms with E-state index in [1.54, 1.807) is 0 Å². The summed E-state index contributed by atoms with van der Waals surface area (Å²) in [5.74, 6) is 0.370. The van der Waals surface area contributed by atoms with Gasteiger partial charge in [0.15, 0.2) is 0 Å². The van der Waals surface area contributed by atoms with E-state index in [0.717, 1.165) is 25.1 Å². The van der Waals surface area contributed by atoms with E-state index >= 15 is 0 Å². The highest BCUT2D eigenvalue weighted by molar-refractivity contribution is 14.1. The second-order valence-corrected chi connectivity index (χ2v) is 13.2. The third-order valence-corrected chi connectivity index (χ3v) is 8.84. The summed E-state index contributed by atoms with van der Waals surface area (Å²) in [5.41, 5.74) is 6.32. The molecule has 42 heavy (non-hydrogen) atoms. The third-order valence-electron chi connectivity index (χ3n) is 8.12. The molecule has 0 bridgehead atoms. The van der Waals surface area contributed by atoms with Crippen molar-refractivity contribution in [2.45, 2.75) is 103 Å². The van der Waals surface area contributed by atoms with Crippen molar-refractivity contribution in [3.63, 3.8) is 0 Å². The summed E-state index contributed by atoms with van der Waals surface area (Å²) < 4.78 is 1.32. The van der Waals surface area contributed by atoms with Crippen molar-refractivity contribution >= 4 is 28.4 Å². The summed E-state index contributed by atoms with van der Waals surface area (Å²) >= 11 is 2.37. The van der Waals surface area contributed by atoms with Gasteiger partial charge in [0.05, 0.1) is 0 Å². The van der Waals surface area contributed by atoms with Crippen LogP contribution in [-0.2, 0) is 24.2 Å². The summed E-state index contributed by atoms with van der Waals surface area (Å²) in [7, 11) is 2.11. The Morgan fingerprint density at radius 3 is 1.62 bits per heavy atom. The zero-order chi connectivity index (χ0) is 29.8. The van der Waals surface area contributed by atoms with E-state index in [-0.39, 0.29) is 0 Å². The standard InChI is InChI=1S/C39H52INO/c1-3-30-41(2)32-35-20-26-37(27-21-35)36-24-18-34(19-25-36)31-39(42)17-15-13-11-9-7-5-4-6-8-10-12-14-16-33-22-28-38(40)29-23-33/h3,18-29H,1,4-17,30-32H2,2H3. The maximum Gasteiger partial charge on any atom is 0.137 e. The highest BCUT2D eigenvalue weighted by Crippen LogP contribution is 2.22. The Bertz CT molecular complexity index is 1150. The molecule has 3 aromatic carbocycles. The molecule has 0 unspecified atom stereocenters. The van der Waals surface area contributed by atoms with Crippen LogP contribution in [0.25, 0.3) is 11.1 Å². The van der Waals surface area contributed by atoms with Gasteiger partial charge in [0.1, 0.15) is 5.78 Å². The molecule has 0 aromatic heterocycles. The molecular weight excluding hydrogens is 625 g/mol. The Morgan fingerprint density at radius 1 is 0.643 bits per heavy atom. The van der Waals surface area contributed by atoms with Crippen molar-refractivity contribution in [1.82, 2.24) is 4.90 Å². The topological polar surface area (TPSA) is 20.3 Å². The fourth-order valence-electron chi connectivity index (χ4n) is 5.60. The number of benzene rings is 3. The smallest absolute Gasteiger partial charge is 0.137 e. The summed E-state index contributed by atoms with van der Waals surface area (Å²) in [6, 6.07) is 26.3. The van der Waals surface area contributed by atoms with Crippen LogP contribution in [0.4, 0.5) is 0 Å². The minimum absolute atomic E-state index is 0.370. The number of halogens is 1. The molecule has 3 heteroatoms. The molecule has 2 nitrogen and oxygen atoms in total. The fraction of sp³-hybridized carbons (Fsp3) is 0.462. The molecule has 3 rings (SSSR count). The Kier molecular flexibility index (Phi) is 16.8. The van der Waals surface area contributed by atoms with E-state index in [2.05, 4.69) is 114 Å². The van der Waals surface area contributed by atoms with Crippen LogP contribution in [0.2, 0.25) is 0 Å². The van der Waals surface area contributed by atoms with Gasteiger partial charge in [0.2, 0.25) is 0 Å². The SMILES string of the molecule is C=CCN(C)Cc1ccc(-c2ccc(CC(=O)CCCCCCCCCCCCCCc3ccc(I)cc3)cc2)cc1. The normalized spacial score (nSPS) is 11.2. The molecule has 0 aliphatic carbocycles. The number of unbranched alkanes of at least 4 members (excludes halogenated alkanes) is 11. The van der Waals surface area contributed by atoms with Gasteiger partial charge in [-0.2, -0.15) is 0 Å². The van der Waals surface area contributed by atoms with Crippen LogP contribution in [-0.4, -0.2) is 24.3 Å². The van der Waals surface area contributed by atoms with Gasteiger partial charge >= 0.3 is 0 Å². The maximum absolute atomic E-state index is 12.5. The quantitative estimate of drug-likeness (QED) is 0.0599. The molecule has 0 fully saturated rings. The predicted molar refractivity (Wildman–Crippen MR) is 190 cm³/mol. The Labute approximate surface area is 270 Å². The van der Waals surface area contributed by atoms with Gasteiger partial charge in [-0.25, -0.2) is 0 Å². The third kappa shape index (κ3) is 14.3. The van der Waals surface area contributed by atoms with Crippen molar-refractivity contribution in [3.8, 4) is 11.1 Å². The molecule has 0 saturated heterocycles. The van der Waals surface area contributed by atoms with Crippen LogP contribution < -0.4 is 0 Å². The number of nitrogens with zero attached hydrogens (tertiary/aromatic N) is 1. The summed E-state index contributed by atoms with van der Waals surface area (Å²) in [6.45, 7) is 5.62. The van der Waals surface area contributed by atoms with Gasteiger partial charge in [0.25, 0.3) is 0 Å². The lowest BCUT2D eigenvalue weighted by molar-refractivity contribution is -0.118. The summed E-state index contributed by atoms with van der Waals surface area (Å²) in [5, 5.41) is 0. The number of rotatable bonds is 22. The predicted octanol–water partition coefficient (Wildman–Crippen LogP) is 11.0. The Balaban J connectivity index is 1.15. The lowest BCUT2D eigenvalue weighted by Gasteiger charge is -2.14. The van der Waals surface area contributed by atoms with Gasteiger partial charge < -0.3 is 0 Å². The van der Waals surface area contributed by atoms with Crippen LogP contribution in [0.5, 0.6) is 0 Å².